The molecule has 1 aliphatic rings. The standard InChI is InChI=1S/C21H27N5O5S/c1-25(15-21(28)24-17-3-2-4-19(13-17)32(22,29)30)14-20(27)23-16-5-7-18(8-6-16)26-9-11-31-12-10-26/h2-8,13H,9-12,14-15H2,1H3,(H,23,27)(H,24,28)(H2,22,29,30). The number of morpholine rings is 1. The van der Waals surface area contributed by atoms with Crippen LogP contribution in [0, 0.1) is 0 Å². The summed E-state index contributed by atoms with van der Waals surface area (Å²) in [6, 6.07) is 13.2. The number of rotatable bonds is 8. The average molecular weight is 462 g/mol. The number of primary sulfonamides is 1. The highest BCUT2D eigenvalue weighted by Gasteiger charge is 2.14. The molecular weight excluding hydrogens is 434 g/mol. The van der Waals surface area contributed by atoms with Gasteiger partial charge in [-0.25, -0.2) is 13.6 Å². The molecule has 2 aromatic rings. The number of carbonyl (C=O) groups is 2. The maximum atomic E-state index is 12.3. The molecular formula is C21H27N5O5S. The number of carbonyl (C=O) groups excluding carboxylic acids is 2. The minimum atomic E-state index is -3.86. The molecule has 0 saturated carbocycles. The maximum absolute atomic E-state index is 12.3. The molecule has 0 radical (unpaired) electrons. The summed E-state index contributed by atoms with van der Waals surface area (Å²) < 4.78 is 28.2. The first kappa shape index (κ1) is 23.7. The van der Waals surface area contributed by atoms with Crippen LogP contribution in [-0.4, -0.2) is 71.6 Å². The summed E-state index contributed by atoms with van der Waals surface area (Å²) in [5, 5.41) is 10.5. The molecule has 4 N–H and O–H groups in total. The molecule has 3 rings (SSSR count). The second-order valence-electron chi connectivity index (χ2n) is 7.49. The van der Waals surface area contributed by atoms with Crippen LogP contribution in [0.5, 0.6) is 0 Å². The number of likely N-dealkylation sites (N-methyl/N-ethyl adjacent to an activating group) is 1. The molecule has 11 heteroatoms. The Labute approximate surface area is 187 Å². The fourth-order valence-corrected chi connectivity index (χ4v) is 3.83. The van der Waals surface area contributed by atoms with Crippen molar-refractivity contribution in [3.05, 3.63) is 48.5 Å². The van der Waals surface area contributed by atoms with E-state index in [0.717, 1.165) is 18.8 Å². The van der Waals surface area contributed by atoms with Crippen molar-refractivity contribution >= 4 is 38.9 Å². The van der Waals surface area contributed by atoms with Crippen LogP contribution < -0.4 is 20.7 Å². The predicted octanol–water partition coefficient (Wildman–Crippen LogP) is 0.680. The summed E-state index contributed by atoms with van der Waals surface area (Å²) in [7, 11) is -2.22. The van der Waals surface area contributed by atoms with Gasteiger partial charge < -0.3 is 20.3 Å². The van der Waals surface area contributed by atoms with E-state index in [4.69, 9.17) is 9.88 Å². The Morgan fingerprint density at radius 2 is 1.59 bits per heavy atom. The molecule has 0 unspecified atom stereocenters. The van der Waals surface area contributed by atoms with Gasteiger partial charge in [0.1, 0.15) is 0 Å². The maximum Gasteiger partial charge on any atom is 0.238 e. The second kappa shape index (κ2) is 10.6. The third-order valence-corrected chi connectivity index (χ3v) is 5.71. The SMILES string of the molecule is CN(CC(=O)Nc1ccc(N2CCOCC2)cc1)CC(=O)Nc1cccc(S(N)(=O)=O)c1. The van der Waals surface area contributed by atoms with E-state index in [2.05, 4.69) is 15.5 Å². The van der Waals surface area contributed by atoms with Gasteiger partial charge in [0.15, 0.2) is 0 Å². The molecule has 0 bridgehead atoms. The minimum Gasteiger partial charge on any atom is -0.378 e. The van der Waals surface area contributed by atoms with Crippen molar-refractivity contribution in [1.82, 2.24) is 4.90 Å². The monoisotopic (exact) mass is 461 g/mol. The number of nitrogens with one attached hydrogen (secondary N) is 2. The zero-order chi connectivity index (χ0) is 23.1. The van der Waals surface area contributed by atoms with Crippen molar-refractivity contribution < 1.29 is 22.7 Å². The van der Waals surface area contributed by atoms with Gasteiger partial charge in [-0.3, -0.25) is 14.5 Å². The summed E-state index contributed by atoms with van der Waals surface area (Å²) >= 11 is 0. The van der Waals surface area contributed by atoms with Crippen LogP contribution in [0.15, 0.2) is 53.4 Å². The van der Waals surface area contributed by atoms with Gasteiger partial charge in [0.25, 0.3) is 0 Å². The highest BCUT2D eigenvalue weighted by atomic mass is 32.2. The molecule has 172 valence electrons. The topological polar surface area (TPSA) is 134 Å². The fourth-order valence-electron chi connectivity index (χ4n) is 3.28. The molecule has 0 aromatic heterocycles. The molecule has 1 saturated heterocycles. The summed E-state index contributed by atoms with van der Waals surface area (Å²) in [4.78, 5) is 28.2. The van der Waals surface area contributed by atoms with Gasteiger partial charge in [0.2, 0.25) is 21.8 Å². The molecule has 1 heterocycles. The van der Waals surface area contributed by atoms with Crippen LogP contribution in [0.2, 0.25) is 0 Å². The quantitative estimate of drug-likeness (QED) is 0.526. The van der Waals surface area contributed by atoms with Crippen molar-refractivity contribution in [1.29, 1.82) is 0 Å². The van der Waals surface area contributed by atoms with Gasteiger partial charge in [0, 0.05) is 30.2 Å². The summed E-state index contributed by atoms with van der Waals surface area (Å²) in [5.41, 5.74) is 2.05. The summed E-state index contributed by atoms with van der Waals surface area (Å²) in [6.45, 7) is 3.04. The Hall–Kier alpha value is -2.99. The molecule has 2 aromatic carbocycles. The van der Waals surface area contributed by atoms with E-state index in [9.17, 15) is 18.0 Å². The Balaban J connectivity index is 1.46. The third kappa shape index (κ3) is 7.02. The minimum absolute atomic E-state index is 0.00978. The van der Waals surface area contributed by atoms with Crippen LogP contribution >= 0.6 is 0 Å². The van der Waals surface area contributed by atoms with E-state index in [1.54, 1.807) is 18.0 Å². The molecule has 2 amide bonds. The van der Waals surface area contributed by atoms with Crippen LogP contribution in [-0.2, 0) is 24.3 Å². The fraction of sp³-hybridized carbons (Fsp3) is 0.333. The molecule has 1 aliphatic heterocycles. The van der Waals surface area contributed by atoms with Crippen LogP contribution in [0.1, 0.15) is 0 Å². The van der Waals surface area contributed by atoms with Crippen LogP contribution in [0.4, 0.5) is 17.1 Å². The number of nitrogens with zero attached hydrogens (tertiary/aromatic N) is 2. The Morgan fingerprint density at radius 3 is 2.19 bits per heavy atom. The molecule has 0 atom stereocenters. The van der Waals surface area contributed by atoms with Gasteiger partial charge in [-0.1, -0.05) is 6.07 Å². The number of sulfonamides is 1. The first-order chi connectivity index (χ1) is 15.2. The lowest BCUT2D eigenvalue weighted by molar-refractivity contribution is -0.119. The highest BCUT2D eigenvalue weighted by Crippen LogP contribution is 2.19. The lowest BCUT2D eigenvalue weighted by Gasteiger charge is -2.28. The number of nitrogens with two attached hydrogens (primary N) is 1. The molecule has 0 spiro atoms. The lowest BCUT2D eigenvalue weighted by atomic mass is 10.2. The normalized spacial score (nSPS) is 14.3. The van der Waals surface area contributed by atoms with E-state index in [1.807, 2.05) is 24.3 Å². The van der Waals surface area contributed by atoms with Gasteiger partial charge in [0.05, 0.1) is 31.2 Å². The Kier molecular flexibility index (Phi) is 7.80. The lowest BCUT2D eigenvalue weighted by Crippen LogP contribution is -2.36. The molecule has 32 heavy (non-hydrogen) atoms. The average Bonchev–Trinajstić information content (AvgIpc) is 2.74. The third-order valence-electron chi connectivity index (χ3n) is 4.80. The van der Waals surface area contributed by atoms with Crippen molar-refractivity contribution in [2.75, 3.05) is 62.0 Å². The van der Waals surface area contributed by atoms with Crippen molar-refractivity contribution in [3.8, 4) is 0 Å². The van der Waals surface area contributed by atoms with E-state index >= 15 is 0 Å². The number of ether oxygens (including phenoxy) is 1. The zero-order valence-corrected chi connectivity index (χ0v) is 18.6. The van der Waals surface area contributed by atoms with Crippen LogP contribution in [0.25, 0.3) is 0 Å². The first-order valence-corrected chi connectivity index (χ1v) is 11.6. The summed E-state index contributed by atoms with van der Waals surface area (Å²) in [6.07, 6.45) is 0. The second-order valence-corrected chi connectivity index (χ2v) is 9.05. The largest absolute Gasteiger partial charge is 0.378 e. The van der Waals surface area contributed by atoms with Gasteiger partial charge in [-0.2, -0.15) is 0 Å². The number of benzene rings is 2. The van der Waals surface area contributed by atoms with E-state index in [1.165, 1.54) is 18.2 Å². The van der Waals surface area contributed by atoms with Gasteiger partial charge in [-0.05, 0) is 49.5 Å². The van der Waals surface area contributed by atoms with E-state index < -0.39 is 10.0 Å². The Morgan fingerprint density at radius 1 is 1.00 bits per heavy atom. The Bertz CT molecular complexity index is 1050. The first-order valence-electron chi connectivity index (χ1n) is 10.0. The smallest absolute Gasteiger partial charge is 0.238 e. The summed E-state index contributed by atoms with van der Waals surface area (Å²) in [5.74, 6) is -0.641. The van der Waals surface area contributed by atoms with Crippen molar-refractivity contribution in [2.45, 2.75) is 4.90 Å². The predicted molar refractivity (Wildman–Crippen MR) is 122 cm³/mol. The molecule has 0 aliphatic carbocycles. The number of hydrogen-bond acceptors (Lipinski definition) is 7. The molecule has 1 fully saturated rings. The number of hydrogen-bond donors (Lipinski definition) is 3. The van der Waals surface area contributed by atoms with E-state index in [0.29, 0.717) is 24.6 Å². The van der Waals surface area contributed by atoms with Crippen molar-refractivity contribution in [2.24, 2.45) is 5.14 Å². The zero-order valence-electron chi connectivity index (χ0n) is 17.8. The van der Waals surface area contributed by atoms with Crippen molar-refractivity contribution in [3.63, 3.8) is 0 Å². The van der Waals surface area contributed by atoms with Gasteiger partial charge in [-0.15, -0.1) is 0 Å². The highest BCUT2D eigenvalue weighted by molar-refractivity contribution is 7.89. The van der Waals surface area contributed by atoms with Crippen LogP contribution in [0.3, 0.4) is 0 Å². The van der Waals surface area contributed by atoms with E-state index in [-0.39, 0.29) is 29.8 Å². The van der Waals surface area contributed by atoms with Gasteiger partial charge >= 0.3 is 0 Å². The molecule has 10 nitrogen and oxygen atoms in total. The number of amides is 2. The number of anilines is 3.